The van der Waals surface area contributed by atoms with E-state index in [1.165, 1.54) is 4.90 Å². The predicted molar refractivity (Wildman–Crippen MR) is 79.6 cm³/mol. The number of nitrogens with one attached hydrogen (secondary N) is 1. The molecule has 0 spiro atoms. The molecule has 0 atom stereocenters. The Balaban J connectivity index is 1.81. The van der Waals surface area contributed by atoms with E-state index in [1.807, 2.05) is 24.3 Å². The van der Waals surface area contributed by atoms with Gasteiger partial charge in [0.2, 0.25) is 17.7 Å². The molecule has 3 amide bonds. The number of amides is 3. The largest absolute Gasteiger partial charge is 0.380 e. The molecule has 0 saturated carbocycles. The number of hydrogen-bond donors (Lipinski definition) is 1. The van der Waals surface area contributed by atoms with Crippen LogP contribution in [0.25, 0.3) is 0 Å². The van der Waals surface area contributed by atoms with E-state index in [-0.39, 0.29) is 43.5 Å². The SMILES string of the molecule is COCc1ccccc1CNC(=O)CCN1C(=O)CCC1=O. The first-order valence-corrected chi connectivity index (χ1v) is 7.27. The molecule has 1 aromatic rings. The third kappa shape index (κ3) is 4.14. The highest BCUT2D eigenvalue weighted by Crippen LogP contribution is 2.12. The standard InChI is InChI=1S/C16H20N2O4/c1-22-11-13-5-3-2-4-12(13)10-17-14(19)8-9-18-15(20)6-7-16(18)21/h2-5H,6-11H2,1H3,(H,17,19). The molecule has 0 aliphatic carbocycles. The van der Waals surface area contributed by atoms with Gasteiger partial charge in [-0.2, -0.15) is 0 Å². The van der Waals surface area contributed by atoms with Crippen LogP contribution in [-0.2, 0) is 32.3 Å². The smallest absolute Gasteiger partial charge is 0.229 e. The van der Waals surface area contributed by atoms with Crippen LogP contribution in [0.3, 0.4) is 0 Å². The molecular formula is C16H20N2O4. The minimum absolute atomic E-state index is 0.129. The van der Waals surface area contributed by atoms with Crippen LogP contribution in [0.15, 0.2) is 24.3 Å². The van der Waals surface area contributed by atoms with Crippen molar-refractivity contribution in [2.45, 2.75) is 32.4 Å². The lowest BCUT2D eigenvalue weighted by atomic mass is 10.1. The van der Waals surface area contributed by atoms with E-state index >= 15 is 0 Å². The van der Waals surface area contributed by atoms with E-state index in [2.05, 4.69) is 5.32 Å². The van der Waals surface area contributed by atoms with Gasteiger partial charge in [-0.25, -0.2) is 0 Å². The second-order valence-electron chi connectivity index (χ2n) is 5.17. The Morgan fingerprint density at radius 1 is 1.18 bits per heavy atom. The second-order valence-corrected chi connectivity index (χ2v) is 5.17. The monoisotopic (exact) mass is 304 g/mol. The maximum atomic E-state index is 11.9. The van der Waals surface area contributed by atoms with Crippen LogP contribution in [0.5, 0.6) is 0 Å². The Hall–Kier alpha value is -2.21. The van der Waals surface area contributed by atoms with E-state index in [0.717, 1.165) is 11.1 Å². The van der Waals surface area contributed by atoms with Crippen molar-refractivity contribution in [3.05, 3.63) is 35.4 Å². The van der Waals surface area contributed by atoms with Crippen molar-refractivity contribution in [1.82, 2.24) is 10.2 Å². The summed E-state index contributed by atoms with van der Waals surface area (Å²) in [5.74, 6) is -0.564. The molecule has 0 unspecified atom stereocenters. The Bertz CT molecular complexity index is 555. The molecule has 1 aromatic carbocycles. The number of nitrogens with zero attached hydrogens (tertiary/aromatic N) is 1. The summed E-state index contributed by atoms with van der Waals surface area (Å²) in [5, 5.41) is 2.81. The fraction of sp³-hybridized carbons (Fsp3) is 0.438. The number of methoxy groups -OCH3 is 1. The van der Waals surface area contributed by atoms with Crippen LogP contribution >= 0.6 is 0 Å². The Labute approximate surface area is 129 Å². The molecule has 22 heavy (non-hydrogen) atoms. The molecule has 1 fully saturated rings. The summed E-state index contributed by atoms with van der Waals surface area (Å²) in [6, 6.07) is 7.71. The van der Waals surface area contributed by atoms with Crippen molar-refractivity contribution in [1.29, 1.82) is 0 Å². The van der Waals surface area contributed by atoms with Gasteiger partial charge in [0.1, 0.15) is 0 Å². The maximum absolute atomic E-state index is 11.9. The number of imide groups is 1. The molecule has 1 saturated heterocycles. The first kappa shape index (κ1) is 16.2. The summed E-state index contributed by atoms with van der Waals surface area (Å²) in [5.41, 5.74) is 2.02. The third-order valence-corrected chi connectivity index (χ3v) is 3.61. The van der Waals surface area contributed by atoms with Crippen LogP contribution in [0, 0.1) is 0 Å². The first-order valence-electron chi connectivity index (χ1n) is 7.27. The van der Waals surface area contributed by atoms with Gasteiger partial charge in [0.25, 0.3) is 0 Å². The lowest BCUT2D eigenvalue weighted by molar-refractivity contribution is -0.138. The summed E-state index contributed by atoms with van der Waals surface area (Å²) in [7, 11) is 1.62. The predicted octanol–water partition coefficient (Wildman–Crippen LogP) is 0.988. The normalized spacial score (nSPS) is 14.5. The highest BCUT2D eigenvalue weighted by Gasteiger charge is 2.28. The molecule has 2 rings (SSSR count). The lowest BCUT2D eigenvalue weighted by Crippen LogP contribution is -2.34. The van der Waals surface area contributed by atoms with E-state index < -0.39 is 0 Å². The van der Waals surface area contributed by atoms with Crippen molar-refractivity contribution < 1.29 is 19.1 Å². The number of carbonyl (C=O) groups excluding carboxylic acids is 3. The molecule has 0 aromatic heterocycles. The number of hydrogen-bond acceptors (Lipinski definition) is 4. The number of likely N-dealkylation sites (tertiary alicyclic amines) is 1. The van der Waals surface area contributed by atoms with Crippen LogP contribution in [0.2, 0.25) is 0 Å². The maximum Gasteiger partial charge on any atom is 0.229 e. The van der Waals surface area contributed by atoms with Crippen LogP contribution < -0.4 is 5.32 Å². The van der Waals surface area contributed by atoms with E-state index in [9.17, 15) is 14.4 Å². The fourth-order valence-electron chi connectivity index (χ4n) is 2.39. The van der Waals surface area contributed by atoms with Gasteiger partial charge >= 0.3 is 0 Å². The average molecular weight is 304 g/mol. The van der Waals surface area contributed by atoms with E-state index in [0.29, 0.717) is 13.2 Å². The minimum Gasteiger partial charge on any atom is -0.380 e. The number of benzene rings is 1. The van der Waals surface area contributed by atoms with Crippen LogP contribution in [-0.4, -0.2) is 36.3 Å². The number of carbonyl (C=O) groups is 3. The highest BCUT2D eigenvalue weighted by atomic mass is 16.5. The summed E-state index contributed by atoms with van der Waals surface area (Å²) >= 11 is 0. The van der Waals surface area contributed by atoms with Crippen molar-refractivity contribution in [2.24, 2.45) is 0 Å². The van der Waals surface area contributed by atoms with Gasteiger partial charge in [0, 0.05) is 39.5 Å². The second kappa shape index (κ2) is 7.70. The molecular weight excluding hydrogens is 284 g/mol. The van der Waals surface area contributed by atoms with Gasteiger partial charge in [-0.15, -0.1) is 0 Å². The van der Waals surface area contributed by atoms with Crippen molar-refractivity contribution >= 4 is 17.7 Å². The molecule has 6 nitrogen and oxygen atoms in total. The minimum atomic E-state index is -0.191. The molecule has 1 aliphatic rings. The zero-order chi connectivity index (χ0) is 15.9. The van der Waals surface area contributed by atoms with Gasteiger partial charge in [0.05, 0.1) is 6.61 Å². The molecule has 1 aliphatic heterocycles. The van der Waals surface area contributed by atoms with Crippen molar-refractivity contribution in [2.75, 3.05) is 13.7 Å². The number of rotatable bonds is 7. The molecule has 1 heterocycles. The average Bonchev–Trinajstić information content (AvgIpc) is 2.83. The van der Waals surface area contributed by atoms with Gasteiger partial charge in [-0.05, 0) is 11.1 Å². The fourth-order valence-corrected chi connectivity index (χ4v) is 2.39. The van der Waals surface area contributed by atoms with Crippen LogP contribution in [0.4, 0.5) is 0 Å². The van der Waals surface area contributed by atoms with Crippen molar-refractivity contribution in [3.63, 3.8) is 0 Å². The zero-order valence-electron chi connectivity index (χ0n) is 12.6. The topological polar surface area (TPSA) is 75.7 Å². The van der Waals surface area contributed by atoms with Crippen molar-refractivity contribution in [3.8, 4) is 0 Å². The number of ether oxygens (including phenoxy) is 1. The van der Waals surface area contributed by atoms with Gasteiger partial charge in [-0.1, -0.05) is 24.3 Å². The molecule has 6 heteroatoms. The van der Waals surface area contributed by atoms with Crippen LogP contribution in [0.1, 0.15) is 30.4 Å². The highest BCUT2D eigenvalue weighted by molar-refractivity contribution is 6.02. The Kier molecular flexibility index (Phi) is 5.66. The van der Waals surface area contributed by atoms with E-state index in [4.69, 9.17) is 4.74 Å². The summed E-state index contributed by atoms with van der Waals surface area (Å²) in [4.78, 5) is 35.9. The van der Waals surface area contributed by atoms with Gasteiger partial charge < -0.3 is 10.1 Å². The van der Waals surface area contributed by atoms with Gasteiger partial charge in [0.15, 0.2) is 0 Å². The molecule has 1 N–H and O–H groups in total. The third-order valence-electron chi connectivity index (χ3n) is 3.61. The quantitative estimate of drug-likeness (QED) is 0.762. The molecule has 0 bridgehead atoms. The molecule has 0 radical (unpaired) electrons. The summed E-state index contributed by atoms with van der Waals surface area (Å²) < 4.78 is 5.12. The van der Waals surface area contributed by atoms with E-state index in [1.54, 1.807) is 7.11 Å². The summed E-state index contributed by atoms with van der Waals surface area (Å²) in [6.07, 6.45) is 0.639. The lowest BCUT2D eigenvalue weighted by Gasteiger charge is -2.14. The summed E-state index contributed by atoms with van der Waals surface area (Å²) in [6.45, 7) is 1.05. The zero-order valence-corrected chi connectivity index (χ0v) is 12.6. The first-order chi connectivity index (χ1) is 10.6. The molecule has 118 valence electrons. The Morgan fingerprint density at radius 2 is 1.82 bits per heavy atom. The van der Waals surface area contributed by atoms with Gasteiger partial charge in [-0.3, -0.25) is 19.3 Å². The Morgan fingerprint density at radius 3 is 2.45 bits per heavy atom.